The Morgan fingerprint density at radius 3 is 1.74 bits per heavy atom. The molecule has 0 radical (unpaired) electrons. The molecule has 3 heteroatoms. The van der Waals surface area contributed by atoms with Crippen LogP contribution in [0.4, 0.5) is 0 Å². The normalized spacial score (nSPS) is 11.9. The lowest BCUT2D eigenvalue weighted by Crippen LogP contribution is -1.82. The van der Waals surface area contributed by atoms with Gasteiger partial charge < -0.3 is 0 Å². The van der Waals surface area contributed by atoms with Gasteiger partial charge in [-0.05, 0) is 25.0 Å². The highest BCUT2D eigenvalue weighted by Crippen LogP contribution is 2.12. The topological polar surface area (TPSA) is 24.7 Å². The zero-order valence-electron chi connectivity index (χ0n) is 12.3. The number of unbranched alkanes of at least 4 members (excludes halogenated alkanes) is 4. The van der Waals surface area contributed by atoms with Crippen molar-refractivity contribution in [2.24, 2.45) is 9.98 Å². The van der Waals surface area contributed by atoms with Crippen LogP contribution in [0.5, 0.6) is 0 Å². The molecule has 0 fully saturated rings. The van der Waals surface area contributed by atoms with Gasteiger partial charge in [0, 0.05) is 35.3 Å². The van der Waals surface area contributed by atoms with Crippen molar-refractivity contribution in [2.45, 2.75) is 52.4 Å². The van der Waals surface area contributed by atoms with Gasteiger partial charge in [0.15, 0.2) is 0 Å². The van der Waals surface area contributed by atoms with Gasteiger partial charge in [-0.1, -0.05) is 39.5 Å². The maximum absolute atomic E-state index is 4.45. The maximum Gasteiger partial charge on any atom is 0.0455 e. The molecule has 0 amide bonds. The van der Waals surface area contributed by atoms with Crippen LogP contribution < -0.4 is 0 Å². The first kappa shape index (κ1) is 16.1. The molecule has 0 spiro atoms. The Labute approximate surface area is 121 Å². The molecule has 0 aromatic carbocycles. The first-order chi connectivity index (χ1) is 9.36. The van der Waals surface area contributed by atoms with Gasteiger partial charge in [0.1, 0.15) is 0 Å². The maximum atomic E-state index is 4.45. The largest absolute Gasteiger partial charge is 0.292 e. The second kappa shape index (κ2) is 10.9. The minimum Gasteiger partial charge on any atom is -0.292 e. The third-order valence-electron chi connectivity index (χ3n) is 2.87. The second-order valence-electron chi connectivity index (χ2n) is 4.72. The summed E-state index contributed by atoms with van der Waals surface area (Å²) in [5.74, 6) is 0. The molecule has 0 saturated heterocycles. The molecule has 0 atom stereocenters. The molecule has 0 aliphatic carbocycles. The van der Waals surface area contributed by atoms with Crippen LogP contribution in [0.1, 0.15) is 62.1 Å². The number of nitrogens with zero attached hydrogens (tertiary/aromatic N) is 2. The third-order valence-corrected chi connectivity index (χ3v) is 3.82. The van der Waals surface area contributed by atoms with E-state index in [9.17, 15) is 0 Å². The Morgan fingerprint density at radius 1 is 0.842 bits per heavy atom. The number of hydrogen-bond acceptors (Lipinski definition) is 3. The fourth-order valence-electron chi connectivity index (χ4n) is 1.72. The van der Waals surface area contributed by atoms with Crippen molar-refractivity contribution in [3.8, 4) is 0 Å². The Balaban J connectivity index is 2.27. The molecule has 1 aromatic rings. The number of aliphatic imine (C=N–C) groups is 2. The smallest absolute Gasteiger partial charge is 0.0455 e. The van der Waals surface area contributed by atoms with Gasteiger partial charge in [-0.25, -0.2) is 0 Å². The Kier molecular flexibility index (Phi) is 9.25. The van der Waals surface area contributed by atoms with E-state index < -0.39 is 0 Å². The monoisotopic (exact) mass is 278 g/mol. The van der Waals surface area contributed by atoms with E-state index in [1.165, 1.54) is 48.3 Å². The zero-order chi connectivity index (χ0) is 13.8. The summed E-state index contributed by atoms with van der Waals surface area (Å²) in [6.45, 7) is 6.34. The minimum absolute atomic E-state index is 0.951. The van der Waals surface area contributed by atoms with Crippen LogP contribution in [-0.2, 0) is 0 Å². The lowest BCUT2D eigenvalue weighted by Gasteiger charge is -1.91. The average Bonchev–Trinajstić information content (AvgIpc) is 2.86. The van der Waals surface area contributed by atoms with Crippen molar-refractivity contribution in [1.82, 2.24) is 0 Å². The third kappa shape index (κ3) is 7.93. The standard InChI is InChI=1S/C16H26N2S/c1-3-5-7-11-17-13-15-9-10-16(19-15)14-18-12-8-6-4-2/h9-10,13-14H,3-8,11-12H2,1-2H3. The summed E-state index contributed by atoms with van der Waals surface area (Å²) in [6.07, 6.45) is 11.5. The van der Waals surface area contributed by atoms with Crippen LogP contribution in [0.25, 0.3) is 0 Å². The highest BCUT2D eigenvalue weighted by Gasteiger charge is 1.94. The van der Waals surface area contributed by atoms with Gasteiger partial charge in [-0.15, -0.1) is 11.3 Å². The number of rotatable bonds is 10. The molecule has 106 valence electrons. The summed E-state index contributed by atoms with van der Waals surface area (Å²) < 4.78 is 0. The van der Waals surface area contributed by atoms with E-state index in [2.05, 4.69) is 36.0 Å². The summed E-state index contributed by atoms with van der Waals surface area (Å²) in [7, 11) is 0. The van der Waals surface area contributed by atoms with E-state index in [0.29, 0.717) is 0 Å². The van der Waals surface area contributed by atoms with Crippen LogP contribution in [0.15, 0.2) is 22.1 Å². The first-order valence-corrected chi connectivity index (χ1v) is 8.28. The van der Waals surface area contributed by atoms with Gasteiger partial charge in [-0.3, -0.25) is 9.98 Å². The van der Waals surface area contributed by atoms with E-state index >= 15 is 0 Å². The van der Waals surface area contributed by atoms with Crippen LogP contribution in [-0.4, -0.2) is 25.5 Å². The van der Waals surface area contributed by atoms with Gasteiger partial charge in [0.25, 0.3) is 0 Å². The van der Waals surface area contributed by atoms with Crippen LogP contribution in [0, 0.1) is 0 Å². The van der Waals surface area contributed by atoms with E-state index in [4.69, 9.17) is 0 Å². The van der Waals surface area contributed by atoms with Gasteiger partial charge in [0.05, 0.1) is 0 Å². The molecular formula is C16H26N2S. The molecule has 1 aromatic heterocycles. The molecule has 2 nitrogen and oxygen atoms in total. The summed E-state index contributed by atoms with van der Waals surface area (Å²) in [4.78, 5) is 11.4. The summed E-state index contributed by atoms with van der Waals surface area (Å²) >= 11 is 1.76. The fraction of sp³-hybridized carbons (Fsp3) is 0.625. The van der Waals surface area contributed by atoms with E-state index in [1.54, 1.807) is 11.3 Å². The van der Waals surface area contributed by atoms with E-state index in [1.807, 2.05) is 12.4 Å². The Hall–Kier alpha value is -0.960. The summed E-state index contributed by atoms with van der Waals surface area (Å²) in [5.41, 5.74) is 0. The molecule has 0 unspecified atom stereocenters. The Bertz CT molecular complexity index is 345. The first-order valence-electron chi connectivity index (χ1n) is 7.46. The van der Waals surface area contributed by atoms with Crippen molar-refractivity contribution < 1.29 is 0 Å². The van der Waals surface area contributed by atoms with Crippen LogP contribution in [0.2, 0.25) is 0 Å². The minimum atomic E-state index is 0.951. The van der Waals surface area contributed by atoms with E-state index in [-0.39, 0.29) is 0 Å². The zero-order valence-corrected chi connectivity index (χ0v) is 13.1. The molecule has 0 bridgehead atoms. The SMILES string of the molecule is CCCCCN=Cc1ccc(C=NCCCCC)s1. The molecule has 0 saturated carbocycles. The molecule has 0 N–H and O–H groups in total. The van der Waals surface area contributed by atoms with Crippen molar-refractivity contribution >= 4 is 23.8 Å². The number of hydrogen-bond donors (Lipinski definition) is 0. The predicted octanol–water partition coefficient (Wildman–Crippen LogP) is 4.97. The highest BCUT2D eigenvalue weighted by atomic mass is 32.1. The van der Waals surface area contributed by atoms with Crippen molar-refractivity contribution in [3.63, 3.8) is 0 Å². The van der Waals surface area contributed by atoms with Crippen LogP contribution >= 0.6 is 11.3 Å². The quantitative estimate of drug-likeness (QED) is 0.426. The molecule has 1 heterocycles. The fourth-order valence-corrected chi connectivity index (χ4v) is 2.52. The van der Waals surface area contributed by atoms with Gasteiger partial charge in [-0.2, -0.15) is 0 Å². The Morgan fingerprint density at radius 2 is 1.32 bits per heavy atom. The molecule has 19 heavy (non-hydrogen) atoms. The summed E-state index contributed by atoms with van der Waals surface area (Å²) in [6, 6.07) is 4.25. The second-order valence-corrected chi connectivity index (χ2v) is 5.87. The molecule has 0 aliphatic rings. The van der Waals surface area contributed by atoms with Crippen LogP contribution in [0.3, 0.4) is 0 Å². The predicted molar refractivity (Wildman–Crippen MR) is 88.3 cm³/mol. The highest BCUT2D eigenvalue weighted by molar-refractivity contribution is 7.15. The average molecular weight is 278 g/mol. The van der Waals surface area contributed by atoms with Gasteiger partial charge in [0.2, 0.25) is 0 Å². The van der Waals surface area contributed by atoms with Crippen molar-refractivity contribution in [2.75, 3.05) is 13.1 Å². The summed E-state index contributed by atoms with van der Waals surface area (Å²) in [5, 5.41) is 0. The lowest BCUT2D eigenvalue weighted by atomic mass is 10.2. The number of thiophene rings is 1. The molecule has 1 rings (SSSR count). The molecular weight excluding hydrogens is 252 g/mol. The van der Waals surface area contributed by atoms with Gasteiger partial charge >= 0.3 is 0 Å². The molecule has 0 aliphatic heterocycles. The lowest BCUT2D eigenvalue weighted by molar-refractivity contribution is 0.729. The van der Waals surface area contributed by atoms with Crippen molar-refractivity contribution in [3.05, 3.63) is 21.9 Å². The van der Waals surface area contributed by atoms with Crippen molar-refractivity contribution in [1.29, 1.82) is 0 Å². The van der Waals surface area contributed by atoms with E-state index in [0.717, 1.165) is 13.1 Å².